The Kier molecular flexibility index (Phi) is 4.29. The molecule has 0 heterocycles. The number of carboxylic acid groups (broad SMARTS) is 2. The van der Waals surface area contributed by atoms with E-state index in [1.54, 1.807) is 0 Å². The average molecular weight is 234 g/mol. The zero-order valence-corrected chi connectivity index (χ0v) is 7.16. The number of carboxylic acids is 2. The maximum Gasteiger partial charge on any atom is 0.426 e. The van der Waals surface area contributed by atoms with Gasteiger partial charge in [0.25, 0.3) is 0 Å². The zero-order chi connectivity index (χ0) is 12.9. The van der Waals surface area contributed by atoms with Gasteiger partial charge in [0, 0.05) is 0 Å². The van der Waals surface area contributed by atoms with Crippen molar-refractivity contribution in [3.63, 3.8) is 0 Å². The SMILES string of the molecule is O=C(O)C(=O)OC(=O)C(=O)OC(=O)C(=O)O. The summed E-state index contributed by atoms with van der Waals surface area (Å²) in [6.45, 7) is 0. The van der Waals surface area contributed by atoms with Crippen LogP contribution in [0.25, 0.3) is 0 Å². The van der Waals surface area contributed by atoms with Gasteiger partial charge in [-0.1, -0.05) is 0 Å². The van der Waals surface area contributed by atoms with Gasteiger partial charge in [-0.3, -0.25) is 0 Å². The third-order valence-corrected chi connectivity index (χ3v) is 0.887. The molecule has 2 N–H and O–H groups in total. The van der Waals surface area contributed by atoms with E-state index in [-0.39, 0.29) is 0 Å². The molecule has 0 aliphatic carbocycles. The number of aliphatic carboxylic acids is 2. The summed E-state index contributed by atoms with van der Waals surface area (Å²) >= 11 is 0. The molecule has 0 spiro atoms. The van der Waals surface area contributed by atoms with Crippen molar-refractivity contribution in [3.8, 4) is 0 Å². The highest BCUT2D eigenvalue weighted by Crippen LogP contribution is 1.88. The van der Waals surface area contributed by atoms with Gasteiger partial charge < -0.3 is 19.7 Å². The number of hydrogen-bond acceptors (Lipinski definition) is 8. The van der Waals surface area contributed by atoms with Crippen LogP contribution in [0.3, 0.4) is 0 Å². The molecule has 0 saturated carbocycles. The fourth-order valence-electron chi connectivity index (χ4n) is 0.339. The minimum Gasteiger partial charge on any atom is -0.473 e. The van der Waals surface area contributed by atoms with E-state index in [0.717, 1.165) is 0 Å². The van der Waals surface area contributed by atoms with Gasteiger partial charge in [0.15, 0.2) is 0 Å². The van der Waals surface area contributed by atoms with E-state index in [1.165, 1.54) is 0 Å². The maximum absolute atomic E-state index is 10.5. The summed E-state index contributed by atoms with van der Waals surface area (Å²) in [5.74, 6) is -12.7. The summed E-state index contributed by atoms with van der Waals surface area (Å²) < 4.78 is 6.71. The van der Waals surface area contributed by atoms with Crippen LogP contribution in [0.2, 0.25) is 0 Å². The van der Waals surface area contributed by atoms with Crippen LogP contribution in [0, 0.1) is 0 Å². The van der Waals surface area contributed by atoms with Crippen LogP contribution in [-0.2, 0) is 38.2 Å². The topological polar surface area (TPSA) is 161 Å². The van der Waals surface area contributed by atoms with E-state index in [1.807, 2.05) is 0 Å². The molecule has 0 amide bonds. The largest absolute Gasteiger partial charge is 0.473 e. The molecule has 0 aromatic rings. The Balaban J connectivity index is 4.37. The molecule has 0 aromatic heterocycles. The first-order chi connectivity index (χ1) is 7.25. The lowest BCUT2D eigenvalue weighted by molar-refractivity contribution is -0.182. The Morgan fingerprint density at radius 2 is 0.812 bits per heavy atom. The maximum atomic E-state index is 10.5. The predicted octanol–water partition coefficient (Wildman–Crippen LogP) is -2.70. The van der Waals surface area contributed by atoms with Crippen LogP contribution < -0.4 is 0 Å². The molecule has 0 aliphatic heterocycles. The first-order valence-electron chi connectivity index (χ1n) is 3.24. The first kappa shape index (κ1) is 13.2. The Hall–Kier alpha value is -2.78. The summed E-state index contributed by atoms with van der Waals surface area (Å²) in [5, 5.41) is 15.9. The minimum atomic E-state index is -2.16. The second kappa shape index (κ2) is 5.19. The van der Waals surface area contributed by atoms with Gasteiger partial charge in [0.1, 0.15) is 0 Å². The standard InChI is InChI=1S/C6H2O10/c7-1(8)3(11)15-5(13)6(14)16-4(12)2(9)10/h(H,7,8)(H,9,10). The van der Waals surface area contributed by atoms with Crippen molar-refractivity contribution in [1.29, 1.82) is 0 Å². The monoisotopic (exact) mass is 234 g/mol. The van der Waals surface area contributed by atoms with Crippen LogP contribution in [0.5, 0.6) is 0 Å². The van der Waals surface area contributed by atoms with Crippen molar-refractivity contribution in [3.05, 3.63) is 0 Å². The van der Waals surface area contributed by atoms with Crippen molar-refractivity contribution in [2.45, 2.75) is 0 Å². The lowest BCUT2D eigenvalue weighted by Gasteiger charge is -1.98. The van der Waals surface area contributed by atoms with E-state index < -0.39 is 35.8 Å². The molecular formula is C6H2O10. The molecule has 0 bridgehead atoms. The van der Waals surface area contributed by atoms with Crippen LogP contribution in [0.1, 0.15) is 0 Å². The quantitative estimate of drug-likeness (QED) is 0.256. The van der Waals surface area contributed by atoms with E-state index >= 15 is 0 Å². The van der Waals surface area contributed by atoms with Crippen LogP contribution in [-0.4, -0.2) is 46.0 Å². The molecule has 0 unspecified atom stereocenters. The van der Waals surface area contributed by atoms with Crippen molar-refractivity contribution in [2.24, 2.45) is 0 Å². The third kappa shape index (κ3) is 3.95. The summed E-state index contributed by atoms with van der Waals surface area (Å²) in [6, 6.07) is 0. The molecular weight excluding hydrogens is 232 g/mol. The molecule has 0 rings (SSSR count). The molecule has 0 aromatic carbocycles. The number of rotatable bonds is 0. The molecule has 86 valence electrons. The number of carbonyl (C=O) groups is 6. The number of esters is 4. The zero-order valence-electron chi connectivity index (χ0n) is 7.16. The fraction of sp³-hybridized carbons (Fsp3) is 0. The van der Waals surface area contributed by atoms with Gasteiger partial charge in [-0.15, -0.1) is 0 Å². The van der Waals surface area contributed by atoms with Gasteiger partial charge in [-0.05, 0) is 0 Å². The van der Waals surface area contributed by atoms with Gasteiger partial charge >= 0.3 is 35.8 Å². The Morgan fingerprint density at radius 1 is 0.562 bits per heavy atom. The summed E-state index contributed by atoms with van der Waals surface area (Å²) in [4.78, 5) is 61.1. The van der Waals surface area contributed by atoms with Crippen molar-refractivity contribution >= 4 is 35.8 Å². The smallest absolute Gasteiger partial charge is 0.426 e. The van der Waals surface area contributed by atoms with Crippen molar-refractivity contribution in [2.75, 3.05) is 0 Å². The lowest BCUT2D eigenvalue weighted by atomic mass is 10.6. The van der Waals surface area contributed by atoms with Crippen molar-refractivity contribution < 1.29 is 48.5 Å². The van der Waals surface area contributed by atoms with Gasteiger partial charge in [0.05, 0.1) is 0 Å². The van der Waals surface area contributed by atoms with Crippen LogP contribution in [0.4, 0.5) is 0 Å². The highest BCUT2D eigenvalue weighted by Gasteiger charge is 2.29. The average Bonchev–Trinajstić information content (AvgIpc) is 2.16. The summed E-state index contributed by atoms with van der Waals surface area (Å²) in [6.07, 6.45) is 0. The first-order valence-corrected chi connectivity index (χ1v) is 3.24. The highest BCUT2D eigenvalue weighted by atomic mass is 16.7. The second-order valence-corrected chi connectivity index (χ2v) is 1.96. The third-order valence-electron chi connectivity index (χ3n) is 0.887. The molecule has 0 fully saturated rings. The molecule has 0 saturated heterocycles. The molecule has 16 heavy (non-hydrogen) atoms. The van der Waals surface area contributed by atoms with E-state index in [4.69, 9.17) is 10.2 Å². The molecule has 0 radical (unpaired) electrons. The molecule has 10 heteroatoms. The van der Waals surface area contributed by atoms with Gasteiger partial charge in [-0.25, -0.2) is 28.8 Å². The number of ether oxygens (including phenoxy) is 2. The van der Waals surface area contributed by atoms with Crippen molar-refractivity contribution in [1.82, 2.24) is 0 Å². The normalized spacial score (nSPS) is 8.75. The summed E-state index contributed by atoms with van der Waals surface area (Å²) in [5.41, 5.74) is 0. The van der Waals surface area contributed by atoms with Crippen LogP contribution in [0.15, 0.2) is 0 Å². The highest BCUT2D eigenvalue weighted by molar-refractivity contribution is 6.41. The summed E-state index contributed by atoms with van der Waals surface area (Å²) in [7, 11) is 0. The number of carbonyl (C=O) groups excluding carboxylic acids is 4. The Morgan fingerprint density at radius 3 is 1.00 bits per heavy atom. The van der Waals surface area contributed by atoms with E-state index in [0.29, 0.717) is 0 Å². The van der Waals surface area contributed by atoms with Crippen LogP contribution >= 0.6 is 0 Å². The predicted molar refractivity (Wildman–Crippen MR) is 37.5 cm³/mol. The van der Waals surface area contributed by atoms with Gasteiger partial charge in [0.2, 0.25) is 0 Å². The molecule has 0 aliphatic rings. The van der Waals surface area contributed by atoms with E-state index in [2.05, 4.69) is 9.47 Å². The Bertz CT molecular complexity index is 352. The fourth-order valence-corrected chi connectivity index (χ4v) is 0.339. The minimum absolute atomic E-state index is 2.08. The molecule has 10 nitrogen and oxygen atoms in total. The number of hydrogen-bond donors (Lipinski definition) is 2. The van der Waals surface area contributed by atoms with Gasteiger partial charge in [-0.2, -0.15) is 0 Å². The second-order valence-electron chi connectivity index (χ2n) is 1.96. The molecule has 0 atom stereocenters. The Labute approximate surface area is 85.3 Å². The lowest BCUT2D eigenvalue weighted by Crippen LogP contribution is -2.30. The van der Waals surface area contributed by atoms with E-state index in [9.17, 15) is 28.8 Å².